The van der Waals surface area contributed by atoms with Gasteiger partial charge in [0.1, 0.15) is 0 Å². The van der Waals surface area contributed by atoms with Crippen LogP contribution in [0.2, 0.25) is 0 Å². The van der Waals surface area contributed by atoms with E-state index >= 15 is 0 Å². The van der Waals surface area contributed by atoms with E-state index in [-0.39, 0.29) is 0 Å². The number of rotatable bonds is 11. The summed E-state index contributed by atoms with van der Waals surface area (Å²) in [6.45, 7) is 11.4. The van der Waals surface area contributed by atoms with Gasteiger partial charge in [0.05, 0.1) is 0 Å². The van der Waals surface area contributed by atoms with Crippen LogP contribution >= 0.6 is 11.3 Å². The Kier molecular flexibility index (Phi) is 9.14. The van der Waals surface area contributed by atoms with Gasteiger partial charge in [-0.2, -0.15) is 0 Å². The van der Waals surface area contributed by atoms with Gasteiger partial charge in [-0.1, -0.05) is 39.7 Å². The molecular formula is C16H30N2S. The lowest BCUT2D eigenvalue weighted by molar-refractivity contribution is 0.274. The highest BCUT2D eigenvalue weighted by Crippen LogP contribution is 2.12. The predicted octanol–water partition coefficient (Wildman–Crippen LogP) is 4.13. The summed E-state index contributed by atoms with van der Waals surface area (Å²) in [5.41, 5.74) is 0. The first kappa shape index (κ1) is 16.7. The molecule has 0 radical (unpaired) electrons. The largest absolute Gasteiger partial charge is 0.315 e. The Hall–Kier alpha value is -0.380. The zero-order valence-corrected chi connectivity index (χ0v) is 13.6. The molecule has 1 rings (SSSR count). The number of nitrogens with one attached hydrogen (secondary N) is 1. The Morgan fingerprint density at radius 2 is 2.00 bits per heavy atom. The monoisotopic (exact) mass is 282 g/mol. The van der Waals surface area contributed by atoms with E-state index in [2.05, 4.69) is 48.5 Å². The summed E-state index contributed by atoms with van der Waals surface area (Å²) in [5, 5.41) is 5.65. The fraction of sp³-hybridized carbons (Fsp3) is 0.750. The third-order valence-electron chi connectivity index (χ3n) is 3.36. The van der Waals surface area contributed by atoms with Gasteiger partial charge in [-0.3, -0.25) is 4.90 Å². The van der Waals surface area contributed by atoms with Gasteiger partial charge in [-0.05, 0) is 43.9 Å². The molecule has 1 heterocycles. The number of hydrogen-bond donors (Lipinski definition) is 1. The molecule has 0 aliphatic carbocycles. The molecule has 110 valence electrons. The maximum atomic E-state index is 3.48. The third kappa shape index (κ3) is 8.40. The van der Waals surface area contributed by atoms with Crippen LogP contribution in [0.25, 0.3) is 0 Å². The van der Waals surface area contributed by atoms with Gasteiger partial charge >= 0.3 is 0 Å². The number of hydrogen-bond acceptors (Lipinski definition) is 3. The molecule has 1 aromatic heterocycles. The third-order valence-corrected chi connectivity index (χ3v) is 4.22. The number of nitrogens with zero attached hydrogens (tertiary/aromatic N) is 1. The van der Waals surface area contributed by atoms with Crippen molar-refractivity contribution >= 4 is 11.3 Å². The van der Waals surface area contributed by atoms with Crippen LogP contribution in [0.1, 0.15) is 51.3 Å². The van der Waals surface area contributed by atoms with Crippen LogP contribution in [0.5, 0.6) is 0 Å². The minimum absolute atomic E-state index is 0.626. The molecule has 0 fully saturated rings. The molecule has 3 heteroatoms. The van der Waals surface area contributed by atoms with Crippen LogP contribution in [0, 0.1) is 0 Å². The van der Waals surface area contributed by atoms with Gasteiger partial charge in [0, 0.05) is 17.5 Å². The minimum atomic E-state index is 0.626. The molecule has 0 aromatic carbocycles. The topological polar surface area (TPSA) is 15.3 Å². The van der Waals surface area contributed by atoms with Crippen molar-refractivity contribution in [3.05, 3.63) is 22.4 Å². The molecule has 0 spiro atoms. The van der Waals surface area contributed by atoms with Crippen molar-refractivity contribution in [1.29, 1.82) is 0 Å². The first-order chi connectivity index (χ1) is 9.22. The van der Waals surface area contributed by atoms with Crippen LogP contribution in [-0.2, 0) is 6.54 Å². The lowest BCUT2D eigenvalue weighted by Crippen LogP contribution is -2.24. The van der Waals surface area contributed by atoms with Crippen LogP contribution in [0.4, 0.5) is 0 Å². The fourth-order valence-corrected chi connectivity index (χ4v) is 2.92. The smallest absolute Gasteiger partial charge is 0.0327 e. The Labute approximate surface area is 123 Å². The van der Waals surface area contributed by atoms with E-state index in [1.54, 1.807) is 0 Å². The SMILES string of the molecule is CCN(CCCCCCNC(C)C)Cc1cccs1. The van der Waals surface area contributed by atoms with Crippen molar-refractivity contribution in [2.24, 2.45) is 0 Å². The molecule has 1 aromatic rings. The summed E-state index contributed by atoms with van der Waals surface area (Å²) in [6, 6.07) is 5.02. The summed E-state index contributed by atoms with van der Waals surface area (Å²) >= 11 is 1.87. The van der Waals surface area contributed by atoms with Crippen LogP contribution in [0.15, 0.2) is 17.5 Å². The second-order valence-corrected chi connectivity index (χ2v) is 6.50. The Bertz CT molecular complexity index is 296. The molecule has 0 aliphatic rings. The van der Waals surface area contributed by atoms with Gasteiger partial charge in [0.25, 0.3) is 0 Å². The summed E-state index contributed by atoms with van der Waals surface area (Å²) in [6.07, 6.45) is 5.37. The van der Waals surface area contributed by atoms with E-state index in [4.69, 9.17) is 0 Å². The number of unbranched alkanes of at least 4 members (excludes halogenated alkanes) is 3. The molecule has 19 heavy (non-hydrogen) atoms. The van der Waals surface area contributed by atoms with Gasteiger partial charge < -0.3 is 5.32 Å². The fourth-order valence-electron chi connectivity index (χ4n) is 2.18. The van der Waals surface area contributed by atoms with Crippen molar-refractivity contribution < 1.29 is 0 Å². The molecule has 0 atom stereocenters. The molecule has 1 N–H and O–H groups in total. The maximum Gasteiger partial charge on any atom is 0.0327 e. The second kappa shape index (κ2) is 10.4. The second-order valence-electron chi connectivity index (χ2n) is 5.47. The van der Waals surface area contributed by atoms with Crippen molar-refractivity contribution in [2.45, 2.75) is 59.0 Å². The predicted molar refractivity (Wildman–Crippen MR) is 86.9 cm³/mol. The van der Waals surface area contributed by atoms with Gasteiger partial charge in [0.15, 0.2) is 0 Å². The lowest BCUT2D eigenvalue weighted by atomic mass is 10.2. The van der Waals surface area contributed by atoms with E-state index in [0.29, 0.717) is 6.04 Å². The van der Waals surface area contributed by atoms with Crippen molar-refractivity contribution in [3.8, 4) is 0 Å². The molecular weight excluding hydrogens is 252 g/mol. The van der Waals surface area contributed by atoms with Crippen LogP contribution < -0.4 is 5.32 Å². The minimum Gasteiger partial charge on any atom is -0.315 e. The van der Waals surface area contributed by atoms with E-state index in [0.717, 1.165) is 13.1 Å². The quantitative estimate of drug-likeness (QED) is 0.614. The van der Waals surface area contributed by atoms with E-state index < -0.39 is 0 Å². The number of thiophene rings is 1. The first-order valence-corrected chi connectivity index (χ1v) is 8.58. The molecule has 2 nitrogen and oxygen atoms in total. The maximum absolute atomic E-state index is 3.48. The average Bonchev–Trinajstić information content (AvgIpc) is 2.88. The zero-order chi connectivity index (χ0) is 13.9. The van der Waals surface area contributed by atoms with Crippen LogP contribution in [-0.4, -0.2) is 30.6 Å². The average molecular weight is 282 g/mol. The normalized spacial score (nSPS) is 11.6. The van der Waals surface area contributed by atoms with Crippen molar-refractivity contribution in [1.82, 2.24) is 10.2 Å². The summed E-state index contributed by atoms with van der Waals surface area (Å²) < 4.78 is 0. The van der Waals surface area contributed by atoms with Gasteiger partial charge in [-0.15, -0.1) is 11.3 Å². The molecule has 0 saturated heterocycles. The standard InChI is InChI=1S/C16H30N2S/c1-4-18(14-16-10-9-13-19-16)12-8-6-5-7-11-17-15(2)3/h9-10,13,15,17H,4-8,11-12,14H2,1-3H3. The molecule has 0 unspecified atom stereocenters. The first-order valence-electron chi connectivity index (χ1n) is 7.70. The zero-order valence-electron chi connectivity index (χ0n) is 12.8. The molecule has 0 aliphatic heterocycles. The summed E-state index contributed by atoms with van der Waals surface area (Å²) in [5.74, 6) is 0. The van der Waals surface area contributed by atoms with Crippen LogP contribution in [0.3, 0.4) is 0 Å². The molecule has 0 bridgehead atoms. The Balaban J connectivity index is 2.00. The molecule has 0 saturated carbocycles. The van der Waals surface area contributed by atoms with E-state index in [1.165, 1.54) is 43.6 Å². The highest BCUT2D eigenvalue weighted by molar-refractivity contribution is 7.09. The lowest BCUT2D eigenvalue weighted by Gasteiger charge is -2.19. The Morgan fingerprint density at radius 3 is 2.63 bits per heavy atom. The Morgan fingerprint density at radius 1 is 1.21 bits per heavy atom. The summed E-state index contributed by atoms with van der Waals surface area (Å²) in [7, 11) is 0. The summed E-state index contributed by atoms with van der Waals surface area (Å²) in [4.78, 5) is 4.04. The van der Waals surface area contributed by atoms with Gasteiger partial charge in [0.2, 0.25) is 0 Å². The van der Waals surface area contributed by atoms with Crippen molar-refractivity contribution in [2.75, 3.05) is 19.6 Å². The van der Waals surface area contributed by atoms with E-state index in [1.807, 2.05) is 11.3 Å². The van der Waals surface area contributed by atoms with E-state index in [9.17, 15) is 0 Å². The highest BCUT2D eigenvalue weighted by atomic mass is 32.1. The van der Waals surface area contributed by atoms with Crippen molar-refractivity contribution in [3.63, 3.8) is 0 Å². The molecule has 0 amide bonds. The van der Waals surface area contributed by atoms with Gasteiger partial charge in [-0.25, -0.2) is 0 Å². The highest BCUT2D eigenvalue weighted by Gasteiger charge is 2.04.